The molecule has 0 unspecified atom stereocenters. The second-order valence-electron chi connectivity index (χ2n) is 1.49. The molecule has 22 heavy (non-hydrogen) atoms. The SMILES string of the molecule is [K+].[K+].[O]=[Mn](=[O])([O-])[Cl].[O]=[Mn](=[O])([O-])[Cl].[O]=[Mn](=[O])([OH])[Cl].[O]=[Mn](=[O])([OH])[Cl]. The Morgan fingerprint density at radius 1 is 0.545 bits per heavy atom. The quantitative estimate of drug-likeness (QED) is 0.237. The zero-order chi connectivity index (χ0) is 18.0. The van der Waals surface area contributed by atoms with Crippen LogP contribution in [0.3, 0.4) is 0 Å². The van der Waals surface area contributed by atoms with Gasteiger partial charge in [0.05, 0.1) is 0 Å². The van der Waals surface area contributed by atoms with Crippen molar-refractivity contribution in [3.05, 3.63) is 0 Å². The van der Waals surface area contributed by atoms with Crippen LogP contribution in [0.2, 0.25) is 0 Å². The first kappa shape index (κ1) is 41.2. The summed E-state index contributed by atoms with van der Waals surface area (Å²) in [4.78, 5) is 0. The van der Waals surface area contributed by atoms with Crippen LogP contribution in [0.15, 0.2) is 0 Å². The van der Waals surface area contributed by atoms with Gasteiger partial charge in [-0.15, -0.1) is 0 Å². The van der Waals surface area contributed by atoms with Gasteiger partial charge in [-0.25, -0.2) is 0 Å². The fourth-order valence-corrected chi connectivity index (χ4v) is 0. The van der Waals surface area contributed by atoms with Gasteiger partial charge in [-0.3, -0.25) is 0 Å². The zero-order valence-corrected chi connectivity index (χ0v) is 24.0. The molecule has 0 aliphatic rings. The van der Waals surface area contributed by atoms with Crippen LogP contribution in [-0.2, 0) is 79.2 Å². The van der Waals surface area contributed by atoms with Crippen molar-refractivity contribution < 1.29 is 199 Å². The minimum atomic E-state index is -4.90. The maximum absolute atomic E-state index is 9.01. The van der Waals surface area contributed by atoms with E-state index in [9.17, 15) is 0 Å². The van der Waals surface area contributed by atoms with Gasteiger partial charge in [-0.2, -0.15) is 0 Å². The number of halogens is 4. The van der Waals surface area contributed by atoms with E-state index >= 15 is 0 Å². The summed E-state index contributed by atoms with van der Waals surface area (Å²) in [5, 5.41) is 0. The third kappa shape index (κ3) is 619. The molecule has 0 radical (unpaired) electrons. The van der Waals surface area contributed by atoms with Crippen LogP contribution in [-0.4, -0.2) is 8.38 Å². The van der Waals surface area contributed by atoms with Crippen molar-refractivity contribution in [1.29, 1.82) is 0 Å². The Labute approximate surface area is 233 Å². The minimum absolute atomic E-state index is 0. The second-order valence-corrected chi connectivity index (χ2v) is 12.0. The zero-order valence-electron chi connectivity index (χ0n) is 10.0. The molecule has 0 aromatic carbocycles. The average Bonchev–Trinajstić information content (AvgIpc) is 1.62. The summed E-state index contributed by atoms with van der Waals surface area (Å²) >= 11 is -19.1. The van der Waals surface area contributed by atoms with Gasteiger partial charge in [0.25, 0.3) is 0 Å². The molecule has 0 saturated heterocycles. The van der Waals surface area contributed by atoms with Crippen LogP contribution in [0.5, 0.6) is 0 Å². The summed E-state index contributed by atoms with van der Waals surface area (Å²) in [5.41, 5.74) is 0. The van der Waals surface area contributed by atoms with Crippen molar-refractivity contribution in [2.45, 2.75) is 0 Å². The standard InChI is InChI=1S/4ClH.2K.4Mn.2H2O.10O/h4*1H;;;;;;;2*1H2;;;;;;;;;;/q;;;;4*+1;2*+2;;;;;;;;;;;2*-1/p-6. The summed E-state index contributed by atoms with van der Waals surface area (Å²) in [6.45, 7) is 0. The van der Waals surface area contributed by atoms with Crippen molar-refractivity contribution in [3.8, 4) is 0 Å². The molecule has 22 heteroatoms. The molecule has 2 N–H and O–H groups in total. The third-order valence-corrected chi connectivity index (χ3v) is 0. The molecular formula is H2Cl4K2Mn4O12. The van der Waals surface area contributed by atoms with Crippen molar-refractivity contribution in [1.82, 2.24) is 0 Å². The van der Waals surface area contributed by atoms with E-state index in [0.29, 0.717) is 0 Å². The summed E-state index contributed by atoms with van der Waals surface area (Å²) in [6, 6.07) is 0. The van der Waals surface area contributed by atoms with Crippen LogP contribution >= 0.6 is 40.4 Å². The third-order valence-electron chi connectivity index (χ3n) is 0. The molecule has 0 atom stereocenters. The van der Waals surface area contributed by atoms with Gasteiger partial charge in [0.15, 0.2) is 0 Å². The van der Waals surface area contributed by atoms with E-state index in [1.54, 1.807) is 0 Å². The molecular weight excluding hydrogens is 632 g/mol. The molecule has 0 aromatic heterocycles. The van der Waals surface area contributed by atoms with Crippen LogP contribution in [0, 0.1) is 0 Å². The molecule has 0 aliphatic carbocycles. The summed E-state index contributed by atoms with van der Waals surface area (Å²) in [5.74, 6) is 0. The van der Waals surface area contributed by atoms with E-state index in [1.165, 1.54) is 0 Å². The van der Waals surface area contributed by atoms with Crippen molar-refractivity contribution in [2.24, 2.45) is 0 Å². The first-order valence-corrected chi connectivity index (χ1v) is 14.8. The van der Waals surface area contributed by atoms with Gasteiger partial charge in [-0.05, 0) is 0 Å². The Bertz CT molecular complexity index is 490. The van der Waals surface area contributed by atoms with E-state index in [0.717, 1.165) is 0 Å². The molecule has 0 amide bonds. The Kier molecular flexibility index (Phi) is 35.7. The second kappa shape index (κ2) is 19.1. The number of hydrogen-bond donors (Lipinski definition) is 2. The fraction of sp³-hybridized carbons (Fsp3) is 0. The van der Waals surface area contributed by atoms with Gasteiger partial charge in [0, 0.05) is 0 Å². The summed E-state index contributed by atoms with van der Waals surface area (Å²) in [6.07, 6.45) is 0. The van der Waals surface area contributed by atoms with E-state index in [2.05, 4.69) is 40.4 Å². The van der Waals surface area contributed by atoms with Crippen LogP contribution in [0.1, 0.15) is 0 Å². The molecule has 0 aliphatic heterocycles. The van der Waals surface area contributed by atoms with Gasteiger partial charge >= 0.3 is 239 Å². The topological polar surface area (TPSA) is 223 Å². The molecule has 0 spiro atoms. The molecule has 0 rings (SSSR count). The average molecular weight is 634 g/mol. The van der Waals surface area contributed by atoms with Gasteiger partial charge in [0.2, 0.25) is 0 Å². The van der Waals surface area contributed by atoms with Crippen LogP contribution in [0.25, 0.3) is 0 Å². The Balaban J connectivity index is -0.0000000376. The molecule has 0 fully saturated rings. The fourth-order valence-electron chi connectivity index (χ4n) is 0. The Morgan fingerprint density at radius 3 is 0.545 bits per heavy atom. The molecule has 0 saturated carbocycles. The molecule has 0 aromatic rings. The first-order valence-electron chi connectivity index (χ1n) is 2.45. The van der Waals surface area contributed by atoms with E-state index in [1.807, 2.05) is 0 Å². The number of hydrogen-bond acceptors (Lipinski definition) is 10. The molecule has 12 nitrogen and oxygen atoms in total. The number of rotatable bonds is 0. The van der Waals surface area contributed by atoms with Gasteiger partial charge < -0.3 is 0 Å². The molecule has 0 bridgehead atoms. The van der Waals surface area contributed by atoms with Crippen molar-refractivity contribution in [3.63, 3.8) is 0 Å². The normalized spacial score (nSPS) is 10.5. The molecule has 132 valence electrons. The summed E-state index contributed by atoms with van der Waals surface area (Å²) in [7, 11) is 16.2. The summed E-state index contributed by atoms with van der Waals surface area (Å²) < 4.78 is 104. The monoisotopic (exact) mass is 632 g/mol. The van der Waals surface area contributed by atoms with E-state index in [-0.39, 0.29) is 103 Å². The van der Waals surface area contributed by atoms with Gasteiger partial charge in [0.1, 0.15) is 0 Å². The van der Waals surface area contributed by atoms with E-state index < -0.39 is 48.5 Å². The van der Waals surface area contributed by atoms with Crippen molar-refractivity contribution >= 4 is 40.4 Å². The van der Waals surface area contributed by atoms with Crippen molar-refractivity contribution in [2.75, 3.05) is 0 Å². The van der Waals surface area contributed by atoms with Gasteiger partial charge in [-0.1, -0.05) is 0 Å². The Morgan fingerprint density at radius 2 is 0.545 bits per heavy atom. The first-order chi connectivity index (χ1) is 8.00. The predicted molar refractivity (Wildman–Crippen MR) is 33.3 cm³/mol. The molecule has 0 heterocycles. The maximum atomic E-state index is 9.01. The van der Waals surface area contributed by atoms with Crippen LogP contribution in [0.4, 0.5) is 0 Å². The Hall–Kier alpha value is 4.75. The van der Waals surface area contributed by atoms with Crippen LogP contribution < -0.4 is 111 Å². The van der Waals surface area contributed by atoms with E-state index in [4.69, 9.17) is 47.4 Å². The predicted octanol–water partition coefficient (Wildman–Crippen LogP) is -7.69.